The summed E-state index contributed by atoms with van der Waals surface area (Å²) in [5.74, 6) is 0.690. The van der Waals surface area contributed by atoms with Crippen molar-refractivity contribution in [3.8, 4) is 0 Å². The van der Waals surface area contributed by atoms with Crippen LogP contribution in [0.3, 0.4) is 0 Å². The molecule has 0 spiro atoms. The molecule has 5 heteroatoms. The number of amides is 2. The summed E-state index contributed by atoms with van der Waals surface area (Å²) in [7, 11) is 0. The summed E-state index contributed by atoms with van der Waals surface area (Å²) in [5.41, 5.74) is 1.74. The maximum atomic E-state index is 13.1. The Labute approximate surface area is 154 Å². The molecule has 2 atom stereocenters. The Morgan fingerprint density at radius 3 is 2.68 bits per heavy atom. The highest BCUT2D eigenvalue weighted by molar-refractivity contribution is 8.00. The Bertz CT molecular complexity index is 628. The lowest BCUT2D eigenvalue weighted by Gasteiger charge is -2.30. The molecule has 0 radical (unpaired) electrons. The normalized spacial score (nSPS) is 24.3. The standard InChI is InChI=1S/C20H28N2O2S/c1-3-18-22(20(24)15-9-7-8-14(2)12-15)17(13-25-18)19(23)21-16-10-5-4-6-11-16/h7-9,12,16-18H,3-6,10-11,13H2,1-2H3,(H,21,23). The summed E-state index contributed by atoms with van der Waals surface area (Å²) in [6, 6.07) is 7.58. The maximum Gasteiger partial charge on any atom is 0.255 e. The lowest BCUT2D eigenvalue weighted by molar-refractivity contribution is -0.125. The molecule has 1 aromatic carbocycles. The first-order valence-electron chi connectivity index (χ1n) is 9.41. The zero-order valence-corrected chi connectivity index (χ0v) is 16.0. The zero-order valence-electron chi connectivity index (χ0n) is 15.2. The van der Waals surface area contributed by atoms with Crippen molar-refractivity contribution >= 4 is 23.6 Å². The highest BCUT2D eigenvalue weighted by atomic mass is 32.2. The van der Waals surface area contributed by atoms with Crippen LogP contribution in [0, 0.1) is 6.92 Å². The summed E-state index contributed by atoms with van der Waals surface area (Å²) in [6.07, 6.45) is 6.63. The van der Waals surface area contributed by atoms with Crippen molar-refractivity contribution in [3.05, 3.63) is 35.4 Å². The second kappa shape index (κ2) is 8.26. The molecule has 3 rings (SSSR count). The molecule has 2 fully saturated rings. The Kier molecular flexibility index (Phi) is 6.05. The van der Waals surface area contributed by atoms with E-state index in [-0.39, 0.29) is 29.3 Å². The molecule has 4 nitrogen and oxygen atoms in total. The van der Waals surface area contributed by atoms with E-state index in [9.17, 15) is 9.59 Å². The van der Waals surface area contributed by atoms with Gasteiger partial charge < -0.3 is 10.2 Å². The van der Waals surface area contributed by atoms with Crippen molar-refractivity contribution < 1.29 is 9.59 Å². The van der Waals surface area contributed by atoms with Crippen LogP contribution in [0.2, 0.25) is 0 Å². The molecular formula is C20H28N2O2S. The molecule has 1 saturated heterocycles. The van der Waals surface area contributed by atoms with Crippen molar-refractivity contribution in [2.75, 3.05) is 5.75 Å². The van der Waals surface area contributed by atoms with Gasteiger partial charge in [0.2, 0.25) is 5.91 Å². The smallest absolute Gasteiger partial charge is 0.255 e. The van der Waals surface area contributed by atoms with Gasteiger partial charge in [-0.15, -0.1) is 11.8 Å². The van der Waals surface area contributed by atoms with Crippen LogP contribution in [0.1, 0.15) is 61.4 Å². The van der Waals surface area contributed by atoms with Crippen LogP contribution in [-0.4, -0.2) is 39.9 Å². The molecule has 0 bridgehead atoms. The second-order valence-electron chi connectivity index (χ2n) is 7.14. The van der Waals surface area contributed by atoms with E-state index in [1.807, 2.05) is 36.1 Å². The van der Waals surface area contributed by atoms with Crippen molar-refractivity contribution in [1.82, 2.24) is 10.2 Å². The van der Waals surface area contributed by atoms with Gasteiger partial charge in [-0.1, -0.05) is 43.9 Å². The number of nitrogens with one attached hydrogen (secondary N) is 1. The van der Waals surface area contributed by atoms with Gasteiger partial charge in [-0.2, -0.15) is 0 Å². The number of carbonyl (C=O) groups excluding carboxylic acids is 2. The van der Waals surface area contributed by atoms with Crippen molar-refractivity contribution in [2.24, 2.45) is 0 Å². The number of hydrogen-bond donors (Lipinski definition) is 1. The van der Waals surface area contributed by atoms with Crippen LogP contribution in [0.15, 0.2) is 24.3 Å². The lowest BCUT2D eigenvalue weighted by Crippen LogP contribution is -2.52. The van der Waals surface area contributed by atoms with Crippen molar-refractivity contribution in [1.29, 1.82) is 0 Å². The fourth-order valence-corrected chi connectivity index (χ4v) is 5.18. The highest BCUT2D eigenvalue weighted by Crippen LogP contribution is 2.33. The summed E-state index contributed by atoms with van der Waals surface area (Å²) in [6.45, 7) is 4.07. The third-order valence-corrected chi connectivity index (χ3v) is 6.65. The zero-order chi connectivity index (χ0) is 17.8. The summed E-state index contributed by atoms with van der Waals surface area (Å²) >= 11 is 1.72. The van der Waals surface area contributed by atoms with Crippen LogP contribution in [-0.2, 0) is 4.79 Å². The molecule has 1 aliphatic carbocycles. The molecule has 2 aliphatic rings. The number of carbonyl (C=O) groups is 2. The van der Waals surface area contributed by atoms with E-state index >= 15 is 0 Å². The number of rotatable bonds is 4. The van der Waals surface area contributed by atoms with Gasteiger partial charge in [-0.3, -0.25) is 9.59 Å². The minimum atomic E-state index is -0.357. The van der Waals surface area contributed by atoms with Gasteiger partial charge in [0.05, 0.1) is 5.37 Å². The monoisotopic (exact) mass is 360 g/mol. The average molecular weight is 361 g/mol. The molecule has 1 aliphatic heterocycles. The van der Waals surface area contributed by atoms with Gasteiger partial charge >= 0.3 is 0 Å². The van der Waals surface area contributed by atoms with E-state index < -0.39 is 0 Å². The Hall–Kier alpha value is -1.49. The Morgan fingerprint density at radius 1 is 1.24 bits per heavy atom. The molecule has 136 valence electrons. The number of thioether (sulfide) groups is 1. The van der Waals surface area contributed by atoms with E-state index in [4.69, 9.17) is 0 Å². The molecule has 25 heavy (non-hydrogen) atoms. The molecule has 1 aromatic rings. The number of aryl methyl sites for hydroxylation is 1. The van der Waals surface area contributed by atoms with Gasteiger partial charge in [0.1, 0.15) is 6.04 Å². The first kappa shape index (κ1) is 18.3. The summed E-state index contributed by atoms with van der Waals surface area (Å²) in [5, 5.41) is 3.29. The van der Waals surface area contributed by atoms with Crippen LogP contribution in [0.25, 0.3) is 0 Å². The van der Waals surface area contributed by atoms with Gasteiger partial charge in [-0.05, 0) is 38.3 Å². The van der Waals surface area contributed by atoms with E-state index in [2.05, 4.69) is 12.2 Å². The van der Waals surface area contributed by atoms with E-state index in [1.54, 1.807) is 11.8 Å². The van der Waals surface area contributed by atoms with E-state index in [0.29, 0.717) is 11.3 Å². The van der Waals surface area contributed by atoms with Crippen molar-refractivity contribution in [3.63, 3.8) is 0 Å². The molecule has 1 N–H and O–H groups in total. The quantitative estimate of drug-likeness (QED) is 0.890. The third-order valence-electron chi connectivity index (χ3n) is 5.20. The Balaban J connectivity index is 1.75. The number of hydrogen-bond acceptors (Lipinski definition) is 3. The molecule has 1 saturated carbocycles. The second-order valence-corrected chi connectivity index (χ2v) is 8.35. The van der Waals surface area contributed by atoms with Crippen LogP contribution >= 0.6 is 11.8 Å². The fraction of sp³-hybridized carbons (Fsp3) is 0.600. The predicted octanol–water partition coefficient (Wildman–Crippen LogP) is 3.74. The highest BCUT2D eigenvalue weighted by Gasteiger charge is 2.41. The average Bonchev–Trinajstić information content (AvgIpc) is 3.06. The summed E-state index contributed by atoms with van der Waals surface area (Å²) in [4.78, 5) is 27.8. The first-order valence-corrected chi connectivity index (χ1v) is 10.5. The first-order chi connectivity index (χ1) is 12.1. The topological polar surface area (TPSA) is 49.4 Å². The van der Waals surface area contributed by atoms with Crippen LogP contribution in [0.5, 0.6) is 0 Å². The Morgan fingerprint density at radius 2 is 2.00 bits per heavy atom. The number of benzene rings is 1. The van der Waals surface area contributed by atoms with Crippen LogP contribution < -0.4 is 5.32 Å². The predicted molar refractivity (Wildman–Crippen MR) is 103 cm³/mol. The molecule has 1 heterocycles. The third kappa shape index (κ3) is 4.20. The maximum absolute atomic E-state index is 13.1. The SMILES string of the molecule is CCC1SCC(C(=O)NC2CCCCC2)N1C(=O)c1cccc(C)c1. The minimum Gasteiger partial charge on any atom is -0.352 e. The lowest BCUT2D eigenvalue weighted by atomic mass is 9.95. The van der Waals surface area contributed by atoms with Crippen molar-refractivity contribution in [2.45, 2.75) is 69.8 Å². The van der Waals surface area contributed by atoms with E-state index in [1.165, 1.54) is 19.3 Å². The van der Waals surface area contributed by atoms with Gasteiger partial charge in [0.25, 0.3) is 5.91 Å². The molecule has 0 aromatic heterocycles. The van der Waals surface area contributed by atoms with Gasteiger partial charge in [0, 0.05) is 17.4 Å². The molecular weight excluding hydrogens is 332 g/mol. The largest absolute Gasteiger partial charge is 0.352 e. The van der Waals surface area contributed by atoms with E-state index in [0.717, 1.165) is 24.8 Å². The molecule has 2 amide bonds. The fourth-order valence-electron chi connectivity index (χ4n) is 3.82. The molecule has 2 unspecified atom stereocenters. The van der Waals surface area contributed by atoms with Crippen LogP contribution in [0.4, 0.5) is 0 Å². The van der Waals surface area contributed by atoms with Gasteiger partial charge in [0.15, 0.2) is 0 Å². The minimum absolute atomic E-state index is 0.0238. The number of nitrogens with zero attached hydrogens (tertiary/aromatic N) is 1. The van der Waals surface area contributed by atoms with Gasteiger partial charge in [-0.25, -0.2) is 0 Å². The summed E-state index contributed by atoms with van der Waals surface area (Å²) < 4.78 is 0.